The predicted octanol–water partition coefficient (Wildman–Crippen LogP) is 4.34. The number of halogens is 3. The van der Waals surface area contributed by atoms with Crippen LogP contribution in [0.2, 0.25) is 0 Å². The smallest absolute Gasteiger partial charge is 0.319 e. The summed E-state index contributed by atoms with van der Waals surface area (Å²) in [5.41, 5.74) is 0.108. The molecule has 0 bridgehead atoms. The summed E-state index contributed by atoms with van der Waals surface area (Å²) >= 11 is 0. The minimum Gasteiger partial charge on any atom is -0.505 e. The van der Waals surface area contributed by atoms with Crippen molar-refractivity contribution in [2.75, 3.05) is 5.32 Å². The number of carbonyl (C=O) groups is 2. The van der Waals surface area contributed by atoms with E-state index in [9.17, 15) is 37.8 Å². The lowest BCUT2D eigenvalue weighted by molar-refractivity contribution is -0.137. The molecule has 0 aliphatic heterocycles. The molecule has 1 heterocycles. The molecule has 9 nitrogen and oxygen atoms in total. The Morgan fingerprint density at radius 2 is 1.78 bits per heavy atom. The van der Waals surface area contributed by atoms with Crippen molar-refractivity contribution in [2.45, 2.75) is 32.2 Å². The van der Waals surface area contributed by atoms with Gasteiger partial charge in [0.15, 0.2) is 5.69 Å². The summed E-state index contributed by atoms with van der Waals surface area (Å²) in [5.74, 6) is -1.93. The van der Waals surface area contributed by atoms with Gasteiger partial charge in [-0.25, -0.2) is 13.6 Å². The maximum Gasteiger partial charge on any atom is 0.319 e. The van der Waals surface area contributed by atoms with Gasteiger partial charge in [-0.3, -0.25) is 9.59 Å². The van der Waals surface area contributed by atoms with E-state index in [0.29, 0.717) is 11.1 Å². The van der Waals surface area contributed by atoms with Crippen molar-refractivity contribution in [1.82, 2.24) is 9.88 Å². The molecule has 2 aromatic carbocycles. The Bertz CT molecular complexity index is 1350. The zero-order chi connectivity index (χ0) is 27.3. The molecule has 196 valence electrons. The zero-order valence-electron chi connectivity index (χ0n) is 19.7. The molecule has 0 spiro atoms. The minimum atomic E-state index is -3.39. The first-order valence-corrected chi connectivity index (χ1v) is 10.9. The third kappa shape index (κ3) is 6.60. The molecule has 1 aromatic heterocycles. The van der Waals surface area contributed by atoms with E-state index in [1.54, 1.807) is 30.3 Å². The maximum absolute atomic E-state index is 13.7. The fraction of sp³-hybridized carbons (Fsp3) is 0.240. The molecule has 12 heteroatoms. The van der Waals surface area contributed by atoms with Gasteiger partial charge in [-0.15, -0.1) is 0 Å². The van der Waals surface area contributed by atoms with Gasteiger partial charge in [0, 0.05) is 24.4 Å². The normalized spacial score (nSPS) is 12.6. The summed E-state index contributed by atoms with van der Waals surface area (Å²) in [6, 6.07) is 9.99. The number of anilines is 1. The molecule has 37 heavy (non-hydrogen) atoms. The lowest BCUT2D eigenvalue weighted by atomic mass is 9.97. The molecule has 3 rings (SSSR count). The number of ether oxygens (including phenoxy) is 1. The SMILES string of the molecule is Cc1cn(C)c(=O)c(NC(=O)NC(CC(=O)O)c2ccc(OC(F)C(F)F)c(-c3ccccc3)c2)c1O. The van der Waals surface area contributed by atoms with Gasteiger partial charge in [-0.05, 0) is 30.2 Å². The number of amides is 2. The second-order valence-electron chi connectivity index (χ2n) is 8.13. The Kier molecular flexibility index (Phi) is 8.43. The van der Waals surface area contributed by atoms with Crippen LogP contribution in [0.5, 0.6) is 11.5 Å². The van der Waals surface area contributed by atoms with E-state index >= 15 is 0 Å². The van der Waals surface area contributed by atoms with E-state index in [1.165, 1.54) is 38.4 Å². The van der Waals surface area contributed by atoms with Crippen molar-refractivity contribution in [3.8, 4) is 22.6 Å². The summed E-state index contributed by atoms with van der Waals surface area (Å²) in [4.78, 5) is 36.6. The molecule has 2 unspecified atom stereocenters. The lowest BCUT2D eigenvalue weighted by Crippen LogP contribution is -2.36. The number of urea groups is 1. The third-order valence-corrected chi connectivity index (χ3v) is 5.38. The quantitative estimate of drug-likeness (QED) is 0.333. The number of alkyl halides is 3. The van der Waals surface area contributed by atoms with Gasteiger partial charge >= 0.3 is 18.4 Å². The van der Waals surface area contributed by atoms with Crippen LogP contribution in [0, 0.1) is 6.92 Å². The molecule has 2 atom stereocenters. The predicted molar refractivity (Wildman–Crippen MR) is 129 cm³/mol. The van der Waals surface area contributed by atoms with Crippen LogP contribution in [0.1, 0.15) is 23.6 Å². The lowest BCUT2D eigenvalue weighted by Gasteiger charge is -2.21. The molecule has 0 aliphatic carbocycles. The van der Waals surface area contributed by atoms with Crippen molar-refractivity contribution < 1.29 is 37.7 Å². The van der Waals surface area contributed by atoms with Gasteiger partial charge in [0.25, 0.3) is 11.9 Å². The number of aromatic hydroxyl groups is 1. The Morgan fingerprint density at radius 1 is 1.11 bits per heavy atom. The Labute approximate surface area is 209 Å². The highest BCUT2D eigenvalue weighted by atomic mass is 19.3. The summed E-state index contributed by atoms with van der Waals surface area (Å²) in [7, 11) is 1.43. The van der Waals surface area contributed by atoms with Gasteiger partial charge < -0.3 is 30.2 Å². The molecule has 0 saturated heterocycles. The van der Waals surface area contributed by atoms with Crippen LogP contribution in [0.4, 0.5) is 23.7 Å². The van der Waals surface area contributed by atoms with E-state index in [-0.39, 0.29) is 16.9 Å². The van der Waals surface area contributed by atoms with E-state index in [2.05, 4.69) is 10.6 Å². The van der Waals surface area contributed by atoms with E-state index in [4.69, 9.17) is 4.74 Å². The van der Waals surface area contributed by atoms with Gasteiger partial charge in [0.1, 0.15) is 11.5 Å². The molecule has 0 aliphatic rings. The monoisotopic (exact) mass is 519 g/mol. The van der Waals surface area contributed by atoms with Gasteiger partial charge in [0.2, 0.25) is 0 Å². The van der Waals surface area contributed by atoms with Crippen molar-refractivity contribution in [2.24, 2.45) is 7.05 Å². The van der Waals surface area contributed by atoms with Crippen LogP contribution >= 0.6 is 0 Å². The van der Waals surface area contributed by atoms with Crippen molar-refractivity contribution in [3.05, 3.63) is 76.2 Å². The minimum absolute atomic E-state index is 0.184. The topological polar surface area (TPSA) is 130 Å². The van der Waals surface area contributed by atoms with Crippen LogP contribution in [0.3, 0.4) is 0 Å². The fourth-order valence-corrected chi connectivity index (χ4v) is 3.62. The molecule has 0 saturated carbocycles. The maximum atomic E-state index is 13.7. The second kappa shape index (κ2) is 11.5. The van der Waals surface area contributed by atoms with Gasteiger partial charge in [-0.1, -0.05) is 36.4 Å². The summed E-state index contributed by atoms with van der Waals surface area (Å²) in [6.07, 6.45) is -5.50. The van der Waals surface area contributed by atoms with Crippen molar-refractivity contribution in [1.29, 1.82) is 0 Å². The first-order valence-electron chi connectivity index (χ1n) is 10.9. The number of pyridine rings is 1. The number of carbonyl (C=O) groups excluding carboxylic acids is 1. The number of aromatic nitrogens is 1. The standard InChI is InChI=1S/C25H24F3N3O6/c1-13-12-31(2)24(35)20(21(13)34)30-25(36)29-17(11-19(32)33)15-8-9-18(37-23(28)22(26)27)16(10-15)14-6-4-3-5-7-14/h3-10,12,17,22-23,34H,11H2,1-2H3,(H,32,33)(H2,29,30,36). The van der Waals surface area contributed by atoms with E-state index in [0.717, 1.165) is 4.57 Å². The van der Waals surface area contributed by atoms with E-state index in [1.807, 2.05) is 0 Å². The number of aliphatic carboxylic acids is 1. The number of benzene rings is 2. The largest absolute Gasteiger partial charge is 0.505 e. The Hall–Kier alpha value is -4.48. The number of aryl methyl sites for hydroxylation is 2. The average molecular weight is 519 g/mol. The van der Waals surface area contributed by atoms with Gasteiger partial charge in [-0.2, -0.15) is 4.39 Å². The van der Waals surface area contributed by atoms with Crippen LogP contribution in [-0.2, 0) is 11.8 Å². The van der Waals surface area contributed by atoms with Crippen LogP contribution < -0.4 is 20.9 Å². The fourth-order valence-electron chi connectivity index (χ4n) is 3.62. The average Bonchev–Trinajstić information content (AvgIpc) is 2.85. The number of hydrogen-bond donors (Lipinski definition) is 4. The third-order valence-electron chi connectivity index (χ3n) is 5.38. The molecule has 3 aromatic rings. The van der Waals surface area contributed by atoms with E-state index < -0.39 is 54.2 Å². The highest BCUT2D eigenvalue weighted by molar-refractivity contribution is 5.91. The molecule has 2 amide bonds. The van der Waals surface area contributed by atoms with Crippen LogP contribution in [0.15, 0.2) is 59.5 Å². The summed E-state index contributed by atoms with van der Waals surface area (Å²) in [6.45, 7) is 1.52. The Balaban J connectivity index is 1.97. The first kappa shape index (κ1) is 27.1. The van der Waals surface area contributed by atoms with Crippen LogP contribution in [0.25, 0.3) is 11.1 Å². The summed E-state index contributed by atoms with van der Waals surface area (Å²) < 4.78 is 45.2. The number of nitrogens with zero attached hydrogens (tertiary/aromatic N) is 1. The molecule has 0 radical (unpaired) electrons. The zero-order valence-corrected chi connectivity index (χ0v) is 19.7. The number of nitrogens with one attached hydrogen (secondary N) is 2. The number of rotatable bonds is 9. The van der Waals surface area contributed by atoms with Crippen molar-refractivity contribution >= 4 is 17.7 Å². The van der Waals surface area contributed by atoms with Gasteiger partial charge in [0.05, 0.1) is 12.5 Å². The highest BCUT2D eigenvalue weighted by Crippen LogP contribution is 2.35. The highest BCUT2D eigenvalue weighted by Gasteiger charge is 2.25. The summed E-state index contributed by atoms with van der Waals surface area (Å²) in [5, 5.41) is 24.3. The second-order valence-corrected chi connectivity index (χ2v) is 8.13. The first-order chi connectivity index (χ1) is 17.5. The Morgan fingerprint density at radius 3 is 2.41 bits per heavy atom. The number of hydrogen-bond acceptors (Lipinski definition) is 5. The molecule has 0 fully saturated rings. The number of carboxylic acid groups (broad SMARTS) is 1. The molecular weight excluding hydrogens is 495 g/mol. The van der Waals surface area contributed by atoms with Crippen molar-refractivity contribution in [3.63, 3.8) is 0 Å². The number of carboxylic acids is 1. The van der Waals surface area contributed by atoms with Crippen LogP contribution in [-0.4, -0.2) is 39.6 Å². The molecule has 4 N–H and O–H groups in total. The molecular formula is C25H24F3N3O6.